The average Bonchev–Trinajstić information content (AvgIpc) is 2.68. The molecule has 0 aromatic heterocycles. The summed E-state index contributed by atoms with van der Waals surface area (Å²) in [7, 11) is 0. The second-order valence-electron chi connectivity index (χ2n) is 3.82. The Hall–Kier alpha value is -1.01. The first-order valence-corrected chi connectivity index (χ1v) is 6.28. The van der Waals surface area contributed by atoms with Crippen molar-refractivity contribution in [3.8, 4) is 0 Å². The van der Waals surface area contributed by atoms with Crippen LogP contribution in [0.25, 0.3) is 0 Å². The molecule has 17 heavy (non-hydrogen) atoms. The van der Waals surface area contributed by atoms with Gasteiger partial charge in [0.15, 0.2) is 5.12 Å². The highest BCUT2D eigenvalue weighted by Crippen LogP contribution is 2.28. The molecular formula is C11H17NO4S. The van der Waals surface area contributed by atoms with Crippen LogP contribution in [-0.4, -0.2) is 52.3 Å². The summed E-state index contributed by atoms with van der Waals surface area (Å²) in [5.41, 5.74) is 0. The fourth-order valence-corrected chi connectivity index (χ4v) is 2.83. The molecule has 1 rings (SSSR count). The maximum atomic E-state index is 11.7. The first-order chi connectivity index (χ1) is 8.08. The van der Waals surface area contributed by atoms with Crippen molar-refractivity contribution in [1.29, 1.82) is 0 Å². The normalized spacial score (nSPS) is 23.5. The van der Waals surface area contributed by atoms with Gasteiger partial charge in [0.25, 0.3) is 0 Å². The molecule has 1 heterocycles. The number of thioether (sulfide) groups is 1. The number of ether oxygens (including phenoxy) is 1. The summed E-state index contributed by atoms with van der Waals surface area (Å²) in [4.78, 5) is 24.1. The van der Waals surface area contributed by atoms with E-state index in [0.29, 0.717) is 13.0 Å². The summed E-state index contributed by atoms with van der Waals surface area (Å²) in [6.07, 6.45) is 1.64. The maximum absolute atomic E-state index is 11.7. The van der Waals surface area contributed by atoms with Crippen molar-refractivity contribution in [3.05, 3.63) is 12.7 Å². The fraction of sp³-hybridized carbons (Fsp3) is 0.636. The number of amides is 1. The Balaban J connectivity index is 2.55. The van der Waals surface area contributed by atoms with Gasteiger partial charge in [-0.25, -0.2) is 4.79 Å². The third-order valence-electron chi connectivity index (χ3n) is 2.48. The minimum absolute atomic E-state index is 0.0213. The number of nitrogens with zero attached hydrogens (tertiary/aromatic N) is 1. The molecule has 0 spiro atoms. The van der Waals surface area contributed by atoms with E-state index < -0.39 is 6.09 Å². The summed E-state index contributed by atoms with van der Waals surface area (Å²) >= 11 is 1.21. The van der Waals surface area contributed by atoms with Crippen LogP contribution < -0.4 is 0 Å². The number of aliphatic hydroxyl groups excluding tert-OH is 1. The van der Waals surface area contributed by atoms with Crippen molar-refractivity contribution in [2.45, 2.75) is 24.6 Å². The largest absolute Gasteiger partial charge is 0.445 e. The van der Waals surface area contributed by atoms with Crippen molar-refractivity contribution in [2.75, 3.05) is 19.8 Å². The highest BCUT2D eigenvalue weighted by atomic mass is 32.2. The summed E-state index contributed by atoms with van der Waals surface area (Å²) in [6.45, 7) is 5.43. The summed E-state index contributed by atoms with van der Waals surface area (Å²) < 4.78 is 4.92. The van der Waals surface area contributed by atoms with E-state index in [1.807, 2.05) is 0 Å². The van der Waals surface area contributed by atoms with Crippen LogP contribution in [-0.2, 0) is 9.53 Å². The molecule has 0 saturated carbocycles. The van der Waals surface area contributed by atoms with Gasteiger partial charge in [-0.05, 0) is 6.42 Å². The van der Waals surface area contributed by atoms with E-state index in [0.717, 1.165) is 0 Å². The molecule has 0 bridgehead atoms. The number of hydrogen-bond donors (Lipinski definition) is 1. The number of aliphatic hydroxyl groups is 1. The van der Waals surface area contributed by atoms with Gasteiger partial charge in [0.1, 0.15) is 6.61 Å². The van der Waals surface area contributed by atoms with Crippen LogP contribution in [0, 0.1) is 0 Å². The van der Waals surface area contributed by atoms with Crippen LogP contribution in [0.4, 0.5) is 4.79 Å². The lowest BCUT2D eigenvalue weighted by Gasteiger charge is -2.21. The van der Waals surface area contributed by atoms with Gasteiger partial charge in [-0.1, -0.05) is 24.4 Å². The fourth-order valence-electron chi connectivity index (χ4n) is 1.80. The Morgan fingerprint density at radius 2 is 2.35 bits per heavy atom. The molecule has 1 fully saturated rings. The second-order valence-corrected chi connectivity index (χ2v) is 5.30. The van der Waals surface area contributed by atoms with Crippen molar-refractivity contribution in [3.63, 3.8) is 0 Å². The van der Waals surface area contributed by atoms with Gasteiger partial charge < -0.3 is 14.7 Å². The molecule has 1 aliphatic heterocycles. The lowest BCUT2D eigenvalue weighted by Crippen LogP contribution is -2.38. The summed E-state index contributed by atoms with van der Waals surface area (Å²) in [5, 5.41) is 9.26. The molecule has 6 heteroatoms. The number of carbonyl (C=O) groups is 2. The third kappa shape index (κ3) is 4.05. The van der Waals surface area contributed by atoms with Crippen LogP contribution in [0.3, 0.4) is 0 Å². The lowest BCUT2D eigenvalue weighted by molar-refractivity contribution is -0.109. The van der Waals surface area contributed by atoms with E-state index in [1.165, 1.54) is 29.7 Å². The Morgan fingerprint density at radius 1 is 1.65 bits per heavy atom. The van der Waals surface area contributed by atoms with Crippen molar-refractivity contribution in [1.82, 2.24) is 4.90 Å². The molecule has 1 N–H and O–H groups in total. The highest BCUT2D eigenvalue weighted by Gasteiger charge is 2.36. The number of carbonyl (C=O) groups excluding carboxylic acids is 2. The Kier molecular flexibility index (Phi) is 5.50. The van der Waals surface area contributed by atoms with Gasteiger partial charge >= 0.3 is 6.09 Å². The minimum Gasteiger partial charge on any atom is -0.445 e. The first-order valence-electron chi connectivity index (χ1n) is 5.40. The molecule has 5 nitrogen and oxygen atoms in total. The molecule has 0 radical (unpaired) electrons. The summed E-state index contributed by atoms with van der Waals surface area (Å²) in [6, 6.07) is -0.260. The third-order valence-corrected chi connectivity index (χ3v) is 3.49. The van der Waals surface area contributed by atoms with E-state index >= 15 is 0 Å². The zero-order chi connectivity index (χ0) is 12.8. The second kappa shape index (κ2) is 6.66. The molecule has 2 atom stereocenters. The van der Waals surface area contributed by atoms with Gasteiger partial charge in [-0.15, -0.1) is 0 Å². The van der Waals surface area contributed by atoms with Crippen molar-refractivity contribution in [2.24, 2.45) is 0 Å². The first kappa shape index (κ1) is 14.1. The standard InChI is InChI=1S/C11H17NO4S/c1-3-4-16-11(15)12-6-10(17-8(2)14)5-9(12)7-13/h3,9-10,13H,1,4-7H2,2H3. The molecule has 1 saturated heterocycles. The van der Waals surface area contributed by atoms with Gasteiger partial charge in [-0.3, -0.25) is 4.79 Å². The van der Waals surface area contributed by atoms with Crippen LogP contribution in [0.5, 0.6) is 0 Å². The number of hydrogen-bond acceptors (Lipinski definition) is 5. The predicted octanol–water partition coefficient (Wildman–Crippen LogP) is 1.02. The van der Waals surface area contributed by atoms with Crippen LogP contribution >= 0.6 is 11.8 Å². The van der Waals surface area contributed by atoms with Gasteiger partial charge in [0.2, 0.25) is 0 Å². The Morgan fingerprint density at radius 3 is 2.88 bits per heavy atom. The van der Waals surface area contributed by atoms with Gasteiger partial charge in [0.05, 0.1) is 12.6 Å². The lowest BCUT2D eigenvalue weighted by atomic mass is 10.2. The zero-order valence-electron chi connectivity index (χ0n) is 9.80. The molecule has 1 aliphatic rings. The highest BCUT2D eigenvalue weighted by molar-refractivity contribution is 8.14. The Labute approximate surface area is 105 Å². The quantitative estimate of drug-likeness (QED) is 0.764. The van der Waals surface area contributed by atoms with Crippen LogP contribution in [0.2, 0.25) is 0 Å². The van der Waals surface area contributed by atoms with Gasteiger partial charge in [-0.2, -0.15) is 0 Å². The van der Waals surface area contributed by atoms with E-state index in [1.54, 1.807) is 0 Å². The smallest absolute Gasteiger partial charge is 0.410 e. The number of rotatable bonds is 4. The van der Waals surface area contributed by atoms with E-state index in [2.05, 4.69) is 6.58 Å². The molecule has 0 aliphatic carbocycles. The van der Waals surface area contributed by atoms with Crippen LogP contribution in [0.15, 0.2) is 12.7 Å². The molecule has 96 valence electrons. The molecule has 1 amide bonds. The average molecular weight is 259 g/mol. The van der Waals surface area contributed by atoms with E-state index in [4.69, 9.17) is 4.74 Å². The molecular weight excluding hydrogens is 242 g/mol. The topological polar surface area (TPSA) is 66.8 Å². The van der Waals surface area contributed by atoms with E-state index in [9.17, 15) is 14.7 Å². The van der Waals surface area contributed by atoms with Crippen LogP contribution in [0.1, 0.15) is 13.3 Å². The van der Waals surface area contributed by atoms with E-state index in [-0.39, 0.29) is 29.6 Å². The SMILES string of the molecule is C=CCOC(=O)N1CC(SC(C)=O)CC1CO. The minimum atomic E-state index is -0.462. The van der Waals surface area contributed by atoms with Crippen molar-refractivity contribution >= 4 is 23.0 Å². The predicted molar refractivity (Wildman–Crippen MR) is 65.8 cm³/mol. The molecule has 0 aromatic carbocycles. The number of likely N-dealkylation sites (tertiary alicyclic amines) is 1. The van der Waals surface area contributed by atoms with Crippen molar-refractivity contribution < 1.29 is 19.4 Å². The zero-order valence-corrected chi connectivity index (χ0v) is 10.6. The van der Waals surface area contributed by atoms with Gasteiger partial charge in [0, 0.05) is 18.7 Å². The monoisotopic (exact) mass is 259 g/mol. The Bertz CT molecular complexity index is 308. The molecule has 0 aromatic rings. The maximum Gasteiger partial charge on any atom is 0.410 e. The summed E-state index contributed by atoms with van der Waals surface area (Å²) in [5.74, 6) is 0. The molecule has 2 unspecified atom stereocenters.